The molecule has 0 aliphatic carbocycles. The number of anilines is 1. The number of hydrogen-bond acceptors (Lipinski definition) is 6. The van der Waals surface area contributed by atoms with Gasteiger partial charge < -0.3 is 19.1 Å². The number of piperidine rings is 1. The number of ether oxygens (including phenoxy) is 3. The first kappa shape index (κ1) is 18.8. The Kier molecular flexibility index (Phi) is 5.69. The molecule has 1 saturated heterocycles. The first-order valence-corrected chi connectivity index (χ1v) is 8.86. The number of nitrogens with zero attached hydrogens (tertiary/aromatic N) is 2. The van der Waals surface area contributed by atoms with Gasteiger partial charge in [-0.2, -0.15) is 0 Å². The van der Waals surface area contributed by atoms with E-state index < -0.39 is 0 Å². The number of hydrogen-bond donors (Lipinski definition) is 0. The summed E-state index contributed by atoms with van der Waals surface area (Å²) < 4.78 is 15.9. The highest BCUT2D eigenvalue weighted by Gasteiger charge is 2.28. The summed E-state index contributed by atoms with van der Waals surface area (Å²) in [5, 5.41) is 11.6. The van der Waals surface area contributed by atoms with Gasteiger partial charge in [0.05, 0.1) is 32.3 Å². The summed E-state index contributed by atoms with van der Waals surface area (Å²) in [4.78, 5) is 13.2. The average molecular weight is 372 g/mol. The SMILES string of the molecule is COc1cccc(C2CCN(c3cc(OC)c(OC)cc3[N+](=O)[O-])CC2)c1. The van der Waals surface area contributed by atoms with Gasteiger partial charge in [0.25, 0.3) is 5.69 Å². The Morgan fingerprint density at radius 3 is 2.26 bits per heavy atom. The molecule has 0 N–H and O–H groups in total. The van der Waals surface area contributed by atoms with Gasteiger partial charge >= 0.3 is 0 Å². The van der Waals surface area contributed by atoms with Crippen molar-refractivity contribution in [1.82, 2.24) is 0 Å². The van der Waals surface area contributed by atoms with Crippen LogP contribution in [0.5, 0.6) is 17.2 Å². The number of methoxy groups -OCH3 is 3. The van der Waals surface area contributed by atoms with Crippen molar-refractivity contribution in [2.24, 2.45) is 0 Å². The minimum absolute atomic E-state index is 0.0347. The summed E-state index contributed by atoms with van der Waals surface area (Å²) >= 11 is 0. The molecule has 1 aliphatic heterocycles. The van der Waals surface area contributed by atoms with Crippen LogP contribution in [-0.2, 0) is 0 Å². The Hall–Kier alpha value is -2.96. The zero-order valence-electron chi connectivity index (χ0n) is 15.8. The molecule has 1 heterocycles. The van der Waals surface area contributed by atoms with E-state index in [1.165, 1.54) is 25.8 Å². The fourth-order valence-corrected chi connectivity index (χ4v) is 3.61. The monoisotopic (exact) mass is 372 g/mol. The highest BCUT2D eigenvalue weighted by atomic mass is 16.6. The average Bonchev–Trinajstić information content (AvgIpc) is 2.72. The van der Waals surface area contributed by atoms with Gasteiger partial charge in [-0.3, -0.25) is 10.1 Å². The van der Waals surface area contributed by atoms with E-state index in [1.54, 1.807) is 13.2 Å². The van der Waals surface area contributed by atoms with Crippen LogP contribution in [0.4, 0.5) is 11.4 Å². The van der Waals surface area contributed by atoms with Crippen LogP contribution in [0.1, 0.15) is 24.3 Å². The summed E-state index contributed by atoms with van der Waals surface area (Å²) in [5.74, 6) is 2.12. The van der Waals surface area contributed by atoms with E-state index in [2.05, 4.69) is 17.0 Å². The Balaban J connectivity index is 1.82. The van der Waals surface area contributed by atoms with Gasteiger partial charge in [-0.1, -0.05) is 12.1 Å². The smallest absolute Gasteiger partial charge is 0.296 e. The zero-order valence-corrected chi connectivity index (χ0v) is 15.8. The minimum Gasteiger partial charge on any atom is -0.497 e. The third kappa shape index (κ3) is 3.92. The Morgan fingerprint density at radius 1 is 1.00 bits per heavy atom. The number of nitro benzene ring substituents is 1. The summed E-state index contributed by atoms with van der Waals surface area (Å²) in [5.41, 5.74) is 1.85. The lowest BCUT2D eigenvalue weighted by Crippen LogP contribution is -2.33. The molecule has 0 atom stereocenters. The van der Waals surface area contributed by atoms with E-state index >= 15 is 0 Å². The number of nitro groups is 1. The molecule has 2 aromatic carbocycles. The molecule has 0 radical (unpaired) electrons. The van der Waals surface area contributed by atoms with Crippen molar-refractivity contribution >= 4 is 11.4 Å². The highest BCUT2D eigenvalue weighted by molar-refractivity contribution is 5.70. The molecule has 7 nitrogen and oxygen atoms in total. The third-order valence-electron chi connectivity index (χ3n) is 5.08. The molecular formula is C20H24N2O5. The van der Waals surface area contributed by atoms with Crippen LogP contribution in [-0.4, -0.2) is 39.3 Å². The molecule has 0 bridgehead atoms. The molecular weight excluding hydrogens is 348 g/mol. The fourth-order valence-electron chi connectivity index (χ4n) is 3.61. The van der Waals surface area contributed by atoms with Crippen LogP contribution >= 0.6 is 0 Å². The van der Waals surface area contributed by atoms with Crippen LogP contribution in [0.3, 0.4) is 0 Å². The van der Waals surface area contributed by atoms with Gasteiger partial charge in [0.1, 0.15) is 11.4 Å². The first-order chi connectivity index (χ1) is 13.1. The van der Waals surface area contributed by atoms with Crippen molar-refractivity contribution in [3.05, 3.63) is 52.1 Å². The second-order valence-corrected chi connectivity index (χ2v) is 6.49. The zero-order chi connectivity index (χ0) is 19.4. The summed E-state index contributed by atoms with van der Waals surface area (Å²) in [6.07, 6.45) is 1.83. The topological polar surface area (TPSA) is 74.1 Å². The maximum absolute atomic E-state index is 11.6. The van der Waals surface area contributed by atoms with Crippen LogP contribution in [0.2, 0.25) is 0 Å². The molecule has 1 aliphatic rings. The van der Waals surface area contributed by atoms with Crippen LogP contribution < -0.4 is 19.1 Å². The Labute approximate surface area is 158 Å². The second-order valence-electron chi connectivity index (χ2n) is 6.49. The van der Waals surface area contributed by atoms with Crippen LogP contribution in [0, 0.1) is 10.1 Å². The predicted octanol–water partition coefficient (Wildman–Crippen LogP) is 4.00. The van der Waals surface area contributed by atoms with Crippen molar-refractivity contribution in [2.45, 2.75) is 18.8 Å². The van der Waals surface area contributed by atoms with E-state index in [-0.39, 0.29) is 10.6 Å². The van der Waals surface area contributed by atoms with E-state index in [0.717, 1.165) is 31.7 Å². The lowest BCUT2D eigenvalue weighted by molar-refractivity contribution is -0.384. The maximum atomic E-state index is 11.6. The standard InChI is InChI=1S/C20H24N2O5/c1-25-16-6-4-5-15(11-16)14-7-9-21(10-8-14)17-12-19(26-2)20(27-3)13-18(17)22(23)24/h4-6,11-14H,7-10H2,1-3H3. The third-order valence-corrected chi connectivity index (χ3v) is 5.08. The van der Waals surface area contributed by atoms with Crippen LogP contribution in [0.15, 0.2) is 36.4 Å². The van der Waals surface area contributed by atoms with Gasteiger partial charge in [-0.15, -0.1) is 0 Å². The Morgan fingerprint density at radius 2 is 1.67 bits per heavy atom. The molecule has 0 spiro atoms. The summed E-state index contributed by atoms with van der Waals surface area (Å²) in [7, 11) is 4.67. The van der Waals surface area contributed by atoms with Crippen molar-refractivity contribution < 1.29 is 19.1 Å². The largest absolute Gasteiger partial charge is 0.497 e. The molecule has 0 aromatic heterocycles. The lowest BCUT2D eigenvalue weighted by Gasteiger charge is -2.33. The first-order valence-electron chi connectivity index (χ1n) is 8.86. The summed E-state index contributed by atoms with van der Waals surface area (Å²) in [6.45, 7) is 1.47. The molecule has 2 aromatic rings. The second kappa shape index (κ2) is 8.16. The van der Waals surface area contributed by atoms with Gasteiger partial charge in [-0.25, -0.2) is 0 Å². The summed E-state index contributed by atoms with van der Waals surface area (Å²) in [6, 6.07) is 11.2. The molecule has 0 amide bonds. The van der Waals surface area contributed by atoms with Gasteiger partial charge in [0.2, 0.25) is 0 Å². The maximum Gasteiger partial charge on any atom is 0.296 e. The van der Waals surface area contributed by atoms with Gasteiger partial charge in [0, 0.05) is 19.2 Å². The highest BCUT2D eigenvalue weighted by Crippen LogP contribution is 2.41. The van der Waals surface area contributed by atoms with Crippen LogP contribution in [0.25, 0.3) is 0 Å². The van der Waals surface area contributed by atoms with Crippen molar-refractivity contribution in [3.8, 4) is 17.2 Å². The number of rotatable bonds is 6. The number of benzene rings is 2. The molecule has 144 valence electrons. The fraction of sp³-hybridized carbons (Fsp3) is 0.400. The minimum atomic E-state index is -0.370. The van der Waals surface area contributed by atoms with E-state index in [9.17, 15) is 10.1 Å². The van der Waals surface area contributed by atoms with E-state index in [1.807, 2.05) is 12.1 Å². The Bertz CT molecular complexity index is 816. The van der Waals surface area contributed by atoms with Crippen molar-refractivity contribution in [1.29, 1.82) is 0 Å². The molecule has 1 fully saturated rings. The van der Waals surface area contributed by atoms with Gasteiger partial charge in [0.15, 0.2) is 11.5 Å². The van der Waals surface area contributed by atoms with E-state index in [0.29, 0.717) is 23.1 Å². The molecule has 0 unspecified atom stereocenters. The van der Waals surface area contributed by atoms with Crippen molar-refractivity contribution in [3.63, 3.8) is 0 Å². The predicted molar refractivity (Wildman–Crippen MR) is 103 cm³/mol. The van der Waals surface area contributed by atoms with E-state index in [4.69, 9.17) is 14.2 Å². The quantitative estimate of drug-likeness (QED) is 0.563. The normalized spacial score (nSPS) is 14.7. The van der Waals surface area contributed by atoms with Crippen molar-refractivity contribution in [2.75, 3.05) is 39.3 Å². The molecule has 0 saturated carbocycles. The molecule has 7 heteroatoms. The molecule has 27 heavy (non-hydrogen) atoms. The van der Waals surface area contributed by atoms with Gasteiger partial charge in [-0.05, 0) is 36.5 Å². The lowest BCUT2D eigenvalue weighted by atomic mass is 9.89. The molecule has 3 rings (SSSR count).